The van der Waals surface area contributed by atoms with E-state index in [0.29, 0.717) is 0 Å². The lowest BCUT2D eigenvalue weighted by Crippen LogP contribution is -2.00. The van der Waals surface area contributed by atoms with Gasteiger partial charge in [-0.3, -0.25) is 4.79 Å². The molecule has 0 atom stereocenters. The molecule has 0 amide bonds. The molecule has 1 N–H and O–H groups in total. The monoisotopic (exact) mass is 286 g/mol. The van der Waals surface area contributed by atoms with Crippen LogP contribution in [-0.4, -0.2) is 25.3 Å². The van der Waals surface area contributed by atoms with E-state index < -0.39 is 5.97 Å². The number of ether oxygens (including phenoxy) is 2. The molecule has 0 fully saturated rings. The first-order chi connectivity index (χ1) is 10.1. The van der Waals surface area contributed by atoms with E-state index in [2.05, 4.69) is 0 Å². The fourth-order valence-corrected chi connectivity index (χ4v) is 2.17. The van der Waals surface area contributed by atoms with Crippen LogP contribution in [0.3, 0.4) is 0 Å². The zero-order valence-corrected chi connectivity index (χ0v) is 12.1. The molecular weight excluding hydrogens is 268 g/mol. The summed E-state index contributed by atoms with van der Waals surface area (Å²) in [5.74, 6) is 0.718. The van der Waals surface area contributed by atoms with Gasteiger partial charge in [0.1, 0.15) is 11.5 Å². The topological polar surface area (TPSA) is 55.8 Å². The van der Waals surface area contributed by atoms with Crippen molar-refractivity contribution in [2.45, 2.75) is 12.8 Å². The summed E-state index contributed by atoms with van der Waals surface area (Å²) in [5.41, 5.74) is 2.96. The van der Waals surface area contributed by atoms with E-state index in [1.165, 1.54) is 0 Å². The van der Waals surface area contributed by atoms with Gasteiger partial charge in [-0.2, -0.15) is 0 Å². The van der Waals surface area contributed by atoms with Gasteiger partial charge in [0.2, 0.25) is 0 Å². The Morgan fingerprint density at radius 3 is 2.24 bits per heavy atom. The summed E-state index contributed by atoms with van der Waals surface area (Å²) in [7, 11) is 3.25. The van der Waals surface area contributed by atoms with Crippen LogP contribution in [0.2, 0.25) is 0 Å². The molecule has 2 aromatic rings. The van der Waals surface area contributed by atoms with Gasteiger partial charge in [-0.1, -0.05) is 30.3 Å². The molecule has 0 spiro atoms. The van der Waals surface area contributed by atoms with Crippen molar-refractivity contribution in [2.75, 3.05) is 14.2 Å². The second kappa shape index (κ2) is 6.79. The van der Waals surface area contributed by atoms with Gasteiger partial charge in [0.15, 0.2) is 0 Å². The van der Waals surface area contributed by atoms with E-state index in [-0.39, 0.29) is 6.42 Å². The van der Waals surface area contributed by atoms with E-state index >= 15 is 0 Å². The summed E-state index contributed by atoms with van der Waals surface area (Å²) in [4.78, 5) is 10.7. The minimum atomic E-state index is -0.820. The summed E-state index contributed by atoms with van der Waals surface area (Å²) in [6, 6.07) is 13.3. The van der Waals surface area contributed by atoms with Gasteiger partial charge in [-0.05, 0) is 22.8 Å². The molecule has 0 unspecified atom stereocenters. The summed E-state index contributed by atoms with van der Waals surface area (Å²) in [5, 5.41) is 8.76. The van der Waals surface area contributed by atoms with E-state index in [1.54, 1.807) is 14.2 Å². The summed E-state index contributed by atoms with van der Waals surface area (Å²) in [6.45, 7) is 0. The Balaban J connectivity index is 2.16. The first kappa shape index (κ1) is 14.9. The lowest BCUT2D eigenvalue weighted by atomic mass is 10.0. The lowest BCUT2D eigenvalue weighted by molar-refractivity contribution is -0.136. The van der Waals surface area contributed by atoms with Crippen molar-refractivity contribution < 1.29 is 19.4 Å². The Bertz CT molecular complexity index is 617. The van der Waals surface area contributed by atoms with Gasteiger partial charge < -0.3 is 14.6 Å². The molecule has 110 valence electrons. The zero-order valence-electron chi connectivity index (χ0n) is 12.1. The number of aliphatic carboxylic acids is 1. The average molecular weight is 286 g/mol. The second-order valence-corrected chi connectivity index (χ2v) is 4.74. The Hall–Kier alpha value is -2.49. The standard InChI is InChI=1S/C17H18O4/c1-20-15-8-7-14(16(11-15)21-2)9-12-3-5-13(6-4-12)10-17(18)19/h3-8,11H,9-10H2,1-2H3,(H,18,19). The quantitative estimate of drug-likeness (QED) is 0.887. The van der Waals surface area contributed by atoms with Crippen LogP contribution >= 0.6 is 0 Å². The minimum Gasteiger partial charge on any atom is -0.497 e. The van der Waals surface area contributed by atoms with Crippen molar-refractivity contribution in [3.8, 4) is 11.5 Å². The largest absolute Gasteiger partial charge is 0.497 e. The van der Waals surface area contributed by atoms with Crippen molar-refractivity contribution in [3.05, 3.63) is 59.2 Å². The fraction of sp³-hybridized carbons (Fsp3) is 0.235. The van der Waals surface area contributed by atoms with E-state index in [0.717, 1.165) is 34.6 Å². The van der Waals surface area contributed by atoms with Gasteiger partial charge >= 0.3 is 5.97 Å². The second-order valence-electron chi connectivity index (χ2n) is 4.74. The SMILES string of the molecule is COc1ccc(Cc2ccc(CC(=O)O)cc2)c(OC)c1. The van der Waals surface area contributed by atoms with Crippen molar-refractivity contribution >= 4 is 5.97 Å². The maximum absolute atomic E-state index is 10.7. The van der Waals surface area contributed by atoms with Crippen molar-refractivity contribution in [2.24, 2.45) is 0 Å². The molecule has 0 aliphatic rings. The normalized spacial score (nSPS) is 10.2. The number of methoxy groups -OCH3 is 2. The zero-order chi connectivity index (χ0) is 15.2. The van der Waals surface area contributed by atoms with Crippen LogP contribution in [0, 0.1) is 0 Å². The van der Waals surface area contributed by atoms with Crippen LogP contribution in [0.15, 0.2) is 42.5 Å². The molecule has 2 aromatic carbocycles. The Labute approximate surface area is 123 Å². The summed E-state index contributed by atoms with van der Waals surface area (Å²) < 4.78 is 10.6. The molecule has 0 bridgehead atoms. The molecule has 0 saturated carbocycles. The molecule has 2 rings (SSSR count). The molecule has 21 heavy (non-hydrogen) atoms. The Morgan fingerprint density at radius 1 is 1.00 bits per heavy atom. The predicted octanol–water partition coefficient (Wildman–Crippen LogP) is 2.92. The first-order valence-corrected chi connectivity index (χ1v) is 6.63. The fourth-order valence-electron chi connectivity index (χ4n) is 2.17. The molecule has 0 aliphatic carbocycles. The summed E-state index contributed by atoms with van der Waals surface area (Å²) in [6.07, 6.45) is 0.770. The number of carboxylic acids is 1. The van der Waals surface area contributed by atoms with E-state index in [9.17, 15) is 4.79 Å². The maximum Gasteiger partial charge on any atom is 0.307 e. The highest BCUT2D eigenvalue weighted by Crippen LogP contribution is 2.26. The van der Waals surface area contributed by atoms with Crippen molar-refractivity contribution in [1.82, 2.24) is 0 Å². The van der Waals surface area contributed by atoms with E-state index in [4.69, 9.17) is 14.6 Å². The average Bonchev–Trinajstić information content (AvgIpc) is 2.49. The van der Waals surface area contributed by atoms with Crippen LogP contribution in [-0.2, 0) is 17.6 Å². The van der Waals surface area contributed by atoms with Crippen LogP contribution < -0.4 is 9.47 Å². The number of carbonyl (C=O) groups is 1. The molecular formula is C17H18O4. The third-order valence-electron chi connectivity index (χ3n) is 3.27. The molecule has 0 heterocycles. The van der Waals surface area contributed by atoms with Gasteiger partial charge in [0.05, 0.1) is 20.6 Å². The highest BCUT2D eigenvalue weighted by molar-refractivity contribution is 5.70. The van der Waals surface area contributed by atoms with Gasteiger partial charge in [0, 0.05) is 12.5 Å². The molecule has 0 aromatic heterocycles. The maximum atomic E-state index is 10.7. The third-order valence-corrected chi connectivity index (χ3v) is 3.27. The number of carboxylic acid groups (broad SMARTS) is 1. The molecule has 0 radical (unpaired) electrons. The van der Waals surface area contributed by atoms with Crippen LogP contribution in [0.25, 0.3) is 0 Å². The van der Waals surface area contributed by atoms with Gasteiger partial charge in [-0.25, -0.2) is 0 Å². The Morgan fingerprint density at radius 2 is 1.67 bits per heavy atom. The van der Waals surface area contributed by atoms with Crippen LogP contribution in [0.5, 0.6) is 11.5 Å². The number of rotatable bonds is 6. The summed E-state index contributed by atoms with van der Waals surface area (Å²) >= 11 is 0. The van der Waals surface area contributed by atoms with Crippen molar-refractivity contribution in [1.29, 1.82) is 0 Å². The van der Waals surface area contributed by atoms with Gasteiger partial charge in [-0.15, -0.1) is 0 Å². The highest BCUT2D eigenvalue weighted by atomic mass is 16.5. The highest BCUT2D eigenvalue weighted by Gasteiger charge is 2.07. The smallest absolute Gasteiger partial charge is 0.307 e. The molecule has 0 saturated heterocycles. The van der Waals surface area contributed by atoms with Crippen molar-refractivity contribution in [3.63, 3.8) is 0 Å². The molecule has 0 aliphatic heterocycles. The Kier molecular flexibility index (Phi) is 4.82. The number of benzene rings is 2. The van der Waals surface area contributed by atoms with Crippen LogP contribution in [0.4, 0.5) is 0 Å². The minimum absolute atomic E-state index is 0.0478. The predicted molar refractivity (Wildman–Crippen MR) is 80.1 cm³/mol. The molecule has 4 heteroatoms. The number of hydrogen-bond acceptors (Lipinski definition) is 3. The van der Waals surface area contributed by atoms with E-state index in [1.807, 2.05) is 42.5 Å². The third kappa shape index (κ3) is 3.99. The first-order valence-electron chi connectivity index (χ1n) is 6.63. The molecule has 4 nitrogen and oxygen atoms in total. The van der Waals surface area contributed by atoms with Gasteiger partial charge in [0.25, 0.3) is 0 Å². The lowest BCUT2D eigenvalue weighted by Gasteiger charge is -2.10. The van der Waals surface area contributed by atoms with Crippen LogP contribution in [0.1, 0.15) is 16.7 Å². The number of hydrogen-bond donors (Lipinski definition) is 1.